The molecule has 1 aromatic carbocycles. The van der Waals surface area contributed by atoms with Gasteiger partial charge in [0.15, 0.2) is 0 Å². The van der Waals surface area contributed by atoms with Crippen LogP contribution in [-0.4, -0.2) is 54.1 Å². The van der Waals surface area contributed by atoms with Crippen LogP contribution in [0.1, 0.15) is 12.5 Å². The molecule has 6 heteroatoms. The molecular weight excluding hydrogens is 299 g/mol. The predicted octanol–water partition coefficient (Wildman–Crippen LogP) is 2.27. The van der Waals surface area contributed by atoms with E-state index in [1.807, 2.05) is 17.9 Å². The van der Waals surface area contributed by atoms with E-state index in [-0.39, 0.29) is 12.5 Å². The van der Waals surface area contributed by atoms with Gasteiger partial charge in [-0.2, -0.15) is 0 Å². The summed E-state index contributed by atoms with van der Waals surface area (Å²) in [5, 5.41) is 9.91. The highest BCUT2D eigenvalue weighted by atomic mass is 35.5. The highest BCUT2D eigenvalue weighted by molar-refractivity contribution is 6.42. The van der Waals surface area contributed by atoms with Crippen LogP contribution in [0.25, 0.3) is 0 Å². The molecule has 0 bridgehead atoms. The molecule has 1 N–H and O–H groups in total. The molecule has 0 radical (unpaired) electrons. The number of rotatable bonds is 7. The Kier molecular flexibility index (Phi) is 7.30. The van der Waals surface area contributed by atoms with Gasteiger partial charge in [0.25, 0.3) is 0 Å². The molecule has 0 saturated carbocycles. The predicted molar refractivity (Wildman–Crippen MR) is 82.1 cm³/mol. The van der Waals surface area contributed by atoms with Crippen molar-refractivity contribution < 1.29 is 9.90 Å². The lowest BCUT2D eigenvalue weighted by atomic mass is 10.2. The first-order valence-electron chi connectivity index (χ1n) is 6.49. The van der Waals surface area contributed by atoms with E-state index < -0.39 is 0 Å². The standard InChI is InChI=1S/C14H20Cl2N2O2/c1-3-18(6-7-19)10-14(20)17(2)9-11-4-5-12(15)13(16)8-11/h4-5,8,19H,3,6-7,9-10H2,1-2H3. The van der Waals surface area contributed by atoms with Crippen LogP contribution < -0.4 is 0 Å². The third-order valence-corrected chi connectivity index (χ3v) is 3.79. The van der Waals surface area contributed by atoms with Gasteiger partial charge < -0.3 is 10.0 Å². The van der Waals surface area contributed by atoms with Crippen molar-refractivity contribution in [2.45, 2.75) is 13.5 Å². The minimum Gasteiger partial charge on any atom is -0.395 e. The Morgan fingerprint density at radius 3 is 2.55 bits per heavy atom. The molecule has 0 spiro atoms. The molecule has 0 aliphatic rings. The van der Waals surface area contributed by atoms with Gasteiger partial charge in [-0.1, -0.05) is 36.2 Å². The quantitative estimate of drug-likeness (QED) is 0.838. The van der Waals surface area contributed by atoms with Crippen LogP contribution in [0.15, 0.2) is 18.2 Å². The SMILES string of the molecule is CCN(CCO)CC(=O)N(C)Cc1ccc(Cl)c(Cl)c1. The largest absolute Gasteiger partial charge is 0.395 e. The zero-order chi connectivity index (χ0) is 15.1. The fourth-order valence-corrected chi connectivity index (χ4v) is 2.12. The van der Waals surface area contributed by atoms with Crippen molar-refractivity contribution in [1.82, 2.24) is 9.80 Å². The molecule has 0 fully saturated rings. The Balaban J connectivity index is 2.58. The normalized spacial score (nSPS) is 10.9. The van der Waals surface area contributed by atoms with Crippen LogP contribution in [0, 0.1) is 0 Å². The van der Waals surface area contributed by atoms with Crippen molar-refractivity contribution in [1.29, 1.82) is 0 Å². The van der Waals surface area contributed by atoms with Gasteiger partial charge >= 0.3 is 0 Å². The average molecular weight is 319 g/mol. The number of carbonyl (C=O) groups is 1. The second-order valence-corrected chi connectivity index (χ2v) is 5.41. The Bertz CT molecular complexity index is 455. The maximum atomic E-state index is 12.1. The smallest absolute Gasteiger partial charge is 0.236 e. The van der Waals surface area contributed by atoms with Gasteiger partial charge in [-0.15, -0.1) is 0 Å². The van der Waals surface area contributed by atoms with Crippen LogP contribution in [0.2, 0.25) is 10.0 Å². The van der Waals surface area contributed by atoms with E-state index in [0.29, 0.717) is 29.7 Å². The lowest BCUT2D eigenvalue weighted by molar-refractivity contribution is -0.131. The molecule has 4 nitrogen and oxygen atoms in total. The summed E-state index contributed by atoms with van der Waals surface area (Å²) in [4.78, 5) is 15.6. The van der Waals surface area contributed by atoms with Crippen LogP contribution in [-0.2, 0) is 11.3 Å². The van der Waals surface area contributed by atoms with Crippen LogP contribution >= 0.6 is 23.2 Å². The molecule has 1 rings (SSSR count). The molecular formula is C14H20Cl2N2O2. The van der Waals surface area contributed by atoms with Gasteiger partial charge in [0.2, 0.25) is 5.91 Å². The summed E-state index contributed by atoms with van der Waals surface area (Å²) in [6.45, 7) is 4.02. The lowest BCUT2D eigenvalue weighted by Crippen LogP contribution is -2.39. The molecule has 1 amide bonds. The Morgan fingerprint density at radius 2 is 2.00 bits per heavy atom. The van der Waals surface area contributed by atoms with Crippen molar-refractivity contribution in [2.75, 3.05) is 33.3 Å². The molecule has 112 valence electrons. The second kappa shape index (κ2) is 8.47. The fraction of sp³-hybridized carbons (Fsp3) is 0.500. The molecule has 1 aromatic rings. The molecule has 0 saturated heterocycles. The Labute approximate surface area is 129 Å². The Morgan fingerprint density at radius 1 is 1.30 bits per heavy atom. The molecule has 20 heavy (non-hydrogen) atoms. The number of likely N-dealkylation sites (N-methyl/N-ethyl adjacent to an activating group) is 2. The van der Waals surface area contributed by atoms with Gasteiger partial charge in [-0.05, 0) is 24.2 Å². The van der Waals surface area contributed by atoms with Crippen molar-refractivity contribution >= 4 is 29.1 Å². The summed E-state index contributed by atoms with van der Waals surface area (Å²) in [6, 6.07) is 5.34. The molecule has 0 atom stereocenters. The van der Waals surface area contributed by atoms with E-state index in [9.17, 15) is 4.79 Å². The van der Waals surface area contributed by atoms with Gasteiger partial charge in [-0.25, -0.2) is 0 Å². The van der Waals surface area contributed by atoms with Gasteiger partial charge in [0.05, 0.1) is 23.2 Å². The summed E-state index contributed by atoms with van der Waals surface area (Å²) >= 11 is 11.8. The lowest BCUT2D eigenvalue weighted by Gasteiger charge is -2.23. The van der Waals surface area contributed by atoms with Gasteiger partial charge in [0, 0.05) is 20.1 Å². The minimum atomic E-state index is 0.00590. The monoisotopic (exact) mass is 318 g/mol. The number of amides is 1. The van der Waals surface area contributed by atoms with E-state index in [1.54, 1.807) is 24.1 Å². The molecule has 0 aromatic heterocycles. The summed E-state index contributed by atoms with van der Waals surface area (Å²) in [5.41, 5.74) is 0.931. The van der Waals surface area contributed by atoms with E-state index in [1.165, 1.54) is 0 Å². The number of hydrogen-bond acceptors (Lipinski definition) is 3. The highest BCUT2D eigenvalue weighted by Crippen LogP contribution is 2.23. The van der Waals surface area contributed by atoms with E-state index in [0.717, 1.165) is 12.1 Å². The average Bonchev–Trinajstić information content (AvgIpc) is 2.42. The van der Waals surface area contributed by atoms with E-state index in [2.05, 4.69) is 0 Å². The Hall–Kier alpha value is -0.810. The van der Waals surface area contributed by atoms with E-state index >= 15 is 0 Å². The first-order chi connectivity index (χ1) is 9.47. The number of nitrogens with zero attached hydrogens (tertiary/aromatic N) is 2. The first-order valence-corrected chi connectivity index (χ1v) is 7.24. The van der Waals surface area contributed by atoms with E-state index in [4.69, 9.17) is 28.3 Å². The first kappa shape index (κ1) is 17.2. The van der Waals surface area contributed by atoms with Crippen molar-refractivity contribution in [2.24, 2.45) is 0 Å². The number of aliphatic hydroxyl groups excluding tert-OH is 1. The van der Waals surface area contributed by atoms with Crippen molar-refractivity contribution in [3.63, 3.8) is 0 Å². The maximum Gasteiger partial charge on any atom is 0.236 e. The third kappa shape index (κ3) is 5.29. The molecule has 0 heterocycles. The number of carbonyl (C=O) groups excluding carboxylic acids is 1. The summed E-state index contributed by atoms with van der Waals surface area (Å²) in [6.07, 6.45) is 0. The second-order valence-electron chi connectivity index (χ2n) is 4.59. The summed E-state index contributed by atoms with van der Waals surface area (Å²) < 4.78 is 0. The zero-order valence-corrected chi connectivity index (χ0v) is 13.3. The van der Waals surface area contributed by atoms with Gasteiger partial charge in [-0.3, -0.25) is 9.69 Å². The zero-order valence-electron chi connectivity index (χ0n) is 11.8. The number of halogens is 2. The van der Waals surface area contributed by atoms with Gasteiger partial charge in [0.1, 0.15) is 0 Å². The summed E-state index contributed by atoms with van der Waals surface area (Å²) in [7, 11) is 1.75. The number of aliphatic hydroxyl groups is 1. The topological polar surface area (TPSA) is 43.8 Å². The third-order valence-electron chi connectivity index (χ3n) is 3.05. The molecule has 0 aliphatic heterocycles. The highest BCUT2D eigenvalue weighted by Gasteiger charge is 2.13. The minimum absolute atomic E-state index is 0.00590. The fourth-order valence-electron chi connectivity index (χ4n) is 1.80. The number of benzene rings is 1. The van der Waals surface area contributed by atoms with Crippen LogP contribution in [0.5, 0.6) is 0 Å². The van der Waals surface area contributed by atoms with Crippen molar-refractivity contribution in [3.05, 3.63) is 33.8 Å². The van der Waals surface area contributed by atoms with Crippen molar-refractivity contribution in [3.8, 4) is 0 Å². The van der Waals surface area contributed by atoms with Crippen LogP contribution in [0.4, 0.5) is 0 Å². The molecule has 0 aliphatic carbocycles. The summed E-state index contributed by atoms with van der Waals surface area (Å²) in [5.74, 6) is 0.00590. The van der Waals surface area contributed by atoms with Crippen LogP contribution in [0.3, 0.4) is 0 Å². The molecule has 0 unspecified atom stereocenters. The number of hydrogen-bond donors (Lipinski definition) is 1. The maximum absolute atomic E-state index is 12.1.